The lowest BCUT2D eigenvalue weighted by Crippen LogP contribution is -2.10. The predicted octanol–water partition coefficient (Wildman–Crippen LogP) is 2.78. The molecule has 3 aromatic rings. The Morgan fingerprint density at radius 2 is 1.72 bits per heavy atom. The van der Waals surface area contributed by atoms with E-state index in [1.165, 1.54) is 0 Å². The van der Waals surface area contributed by atoms with Crippen LogP contribution in [0.2, 0.25) is 0 Å². The fourth-order valence-corrected chi connectivity index (χ4v) is 1.69. The van der Waals surface area contributed by atoms with Gasteiger partial charge in [0, 0.05) is 0 Å². The topological polar surface area (TPSA) is 55.0 Å². The van der Waals surface area contributed by atoms with Crippen LogP contribution < -0.4 is 4.74 Å². The Morgan fingerprint density at radius 3 is 2.50 bits per heavy atom. The molecule has 1 N–H and O–H groups in total. The van der Waals surface area contributed by atoms with Crippen LogP contribution in [0.4, 0.5) is 0 Å². The zero-order valence-electron chi connectivity index (χ0n) is 9.46. The quantitative estimate of drug-likeness (QED) is 0.551. The van der Waals surface area contributed by atoms with Crippen molar-refractivity contribution in [2.45, 2.75) is 0 Å². The summed E-state index contributed by atoms with van der Waals surface area (Å²) in [6.45, 7) is 0. The van der Waals surface area contributed by atoms with E-state index in [0.29, 0.717) is 5.75 Å². The highest BCUT2D eigenvalue weighted by Gasteiger charge is 2.13. The second-order valence-corrected chi connectivity index (χ2v) is 3.81. The number of benzene rings is 2. The van der Waals surface area contributed by atoms with Crippen molar-refractivity contribution in [1.29, 1.82) is 0 Å². The van der Waals surface area contributed by atoms with Crippen LogP contribution in [0.5, 0.6) is 5.75 Å². The normalized spacial score (nSPS) is 10.4. The highest BCUT2D eigenvalue weighted by molar-refractivity contribution is 5.91. The number of imidazole rings is 1. The number of esters is 1. The predicted molar refractivity (Wildman–Crippen MR) is 67.5 cm³/mol. The van der Waals surface area contributed by atoms with Gasteiger partial charge in [0.25, 0.3) is 0 Å². The van der Waals surface area contributed by atoms with Gasteiger partial charge in [0.05, 0.1) is 11.0 Å². The first-order valence-electron chi connectivity index (χ1n) is 5.55. The van der Waals surface area contributed by atoms with E-state index in [1.807, 2.05) is 30.3 Å². The standard InChI is InChI=1S/C14H10N2O2/c17-14(18-10-6-2-1-3-7-10)13-15-11-8-4-5-9-12(11)16-13/h1-9H,(H,15,16). The number of carbonyl (C=O) groups is 1. The van der Waals surface area contributed by atoms with Gasteiger partial charge in [-0.05, 0) is 24.3 Å². The number of ether oxygens (including phenoxy) is 1. The van der Waals surface area contributed by atoms with Crippen LogP contribution in [0.3, 0.4) is 0 Å². The molecule has 0 amide bonds. The summed E-state index contributed by atoms with van der Waals surface area (Å²) in [6, 6.07) is 16.4. The summed E-state index contributed by atoms with van der Waals surface area (Å²) in [7, 11) is 0. The summed E-state index contributed by atoms with van der Waals surface area (Å²) in [6.07, 6.45) is 0. The molecule has 88 valence electrons. The average Bonchev–Trinajstić information content (AvgIpc) is 2.84. The molecule has 0 unspecified atom stereocenters. The minimum absolute atomic E-state index is 0.208. The van der Waals surface area contributed by atoms with E-state index in [0.717, 1.165) is 11.0 Å². The highest BCUT2D eigenvalue weighted by Crippen LogP contribution is 2.13. The molecule has 1 aromatic heterocycles. The van der Waals surface area contributed by atoms with E-state index in [9.17, 15) is 4.79 Å². The Hall–Kier alpha value is -2.62. The average molecular weight is 238 g/mol. The van der Waals surface area contributed by atoms with Crippen LogP contribution in [0.15, 0.2) is 54.6 Å². The van der Waals surface area contributed by atoms with Gasteiger partial charge in [-0.25, -0.2) is 9.78 Å². The van der Waals surface area contributed by atoms with E-state index in [4.69, 9.17) is 4.74 Å². The third-order valence-electron chi connectivity index (χ3n) is 2.54. The lowest BCUT2D eigenvalue weighted by atomic mass is 10.3. The molecule has 18 heavy (non-hydrogen) atoms. The molecule has 0 saturated heterocycles. The maximum atomic E-state index is 11.9. The van der Waals surface area contributed by atoms with Crippen molar-refractivity contribution in [2.75, 3.05) is 0 Å². The summed E-state index contributed by atoms with van der Waals surface area (Å²) in [5.41, 5.74) is 1.56. The number of para-hydroxylation sites is 3. The zero-order valence-corrected chi connectivity index (χ0v) is 9.46. The first kappa shape index (κ1) is 10.5. The van der Waals surface area contributed by atoms with E-state index in [-0.39, 0.29) is 5.82 Å². The van der Waals surface area contributed by atoms with Gasteiger partial charge in [0.2, 0.25) is 5.82 Å². The van der Waals surface area contributed by atoms with Gasteiger partial charge in [-0.15, -0.1) is 0 Å². The van der Waals surface area contributed by atoms with Crippen LogP contribution in [-0.2, 0) is 0 Å². The van der Waals surface area contributed by atoms with Crippen molar-refractivity contribution >= 4 is 17.0 Å². The molecule has 0 aliphatic heterocycles. The Balaban J connectivity index is 1.88. The van der Waals surface area contributed by atoms with Crippen molar-refractivity contribution in [3.8, 4) is 5.75 Å². The number of hydrogen-bond donors (Lipinski definition) is 1. The van der Waals surface area contributed by atoms with Gasteiger partial charge in [-0.2, -0.15) is 0 Å². The van der Waals surface area contributed by atoms with Crippen molar-refractivity contribution in [1.82, 2.24) is 9.97 Å². The second-order valence-electron chi connectivity index (χ2n) is 3.81. The van der Waals surface area contributed by atoms with Crippen molar-refractivity contribution < 1.29 is 9.53 Å². The van der Waals surface area contributed by atoms with Crippen LogP contribution in [0.25, 0.3) is 11.0 Å². The van der Waals surface area contributed by atoms with Crippen LogP contribution >= 0.6 is 0 Å². The number of fused-ring (bicyclic) bond motifs is 1. The van der Waals surface area contributed by atoms with Gasteiger partial charge in [-0.1, -0.05) is 30.3 Å². The number of aromatic nitrogens is 2. The molecular formula is C14H10N2O2. The molecule has 4 nitrogen and oxygen atoms in total. The first-order valence-corrected chi connectivity index (χ1v) is 5.55. The maximum absolute atomic E-state index is 11.9. The van der Waals surface area contributed by atoms with Crippen molar-refractivity contribution in [2.24, 2.45) is 0 Å². The fourth-order valence-electron chi connectivity index (χ4n) is 1.69. The summed E-state index contributed by atoms with van der Waals surface area (Å²) < 4.78 is 5.20. The summed E-state index contributed by atoms with van der Waals surface area (Å²) in [5.74, 6) is 0.223. The molecule has 4 heteroatoms. The number of rotatable bonds is 2. The fraction of sp³-hybridized carbons (Fsp3) is 0. The minimum Gasteiger partial charge on any atom is -0.421 e. The van der Waals surface area contributed by atoms with E-state index >= 15 is 0 Å². The van der Waals surface area contributed by atoms with Crippen LogP contribution in [0, 0.1) is 0 Å². The largest absolute Gasteiger partial charge is 0.421 e. The molecular weight excluding hydrogens is 228 g/mol. The van der Waals surface area contributed by atoms with Gasteiger partial charge in [0.15, 0.2) is 0 Å². The number of nitrogens with one attached hydrogen (secondary N) is 1. The van der Waals surface area contributed by atoms with E-state index in [1.54, 1.807) is 24.3 Å². The molecule has 0 fully saturated rings. The molecule has 0 saturated carbocycles. The molecule has 2 aromatic carbocycles. The number of H-pyrrole nitrogens is 1. The molecule has 0 atom stereocenters. The molecule has 3 rings (SSSR count). The molecule has 0 aliphatic rings. The lowest BCUT2D eigenvalue weighted by Gasteiger charge is -2.00. The number of hydrogen-bond acceptors (Lipinski definition) is 3. The van der Waals surface area contributed by atoms with Gasteiger partial charge in [-0.3, -0.25) is 0 Å². The SMILES string of the molecule is O=C(Oc1ccccc1)c1nc2ccccc2[nH]1. The lowest BCUT2D eigenvalue weighted by molar-refractivity contribution is 0.0723. The number of nitrogens with zero attached hydrogens (tertiary/aromatic N) is 1. The monoisotopic (exact) mass is 238 g/mol. The summed E-state index contributed by atoms with van der Waals surface area (Å²) >= 11 is 0. The minimum atomic E-state index is -0.489. The van der Waals surface area contributed by atoms with E-state index < -0.39 is 5.97 Å². The molecule has 0 bridgehead atoms. The molecule has 0 spiro atoms. The maximum Gasteiger partial charge on any atom is 0.379 e. The molecule has 0 radical (unpaired) electrons. The Bertz CT molecular complexity index is 656. The Kier molecular flexibility index (Phi) is 2.53. The third-order valence-corrected chi connectivity index (χ3v) is 2.54. The van der Waals surface area contributed by atoms with Crippen molar-refractivity contribution in [3.63, 3.8) is 0 Å². The van der Waals surface area contributed by atoms with Gasteiger partial charge < -0.3 is 9.72 Å². The van der Waals surface area contributed by atoms with Gasteiger partial charge in [0.1, 0.15) is 5.75 Å². The smallest absolute Gasteiger partial charge is 0.379 e. The van der Waals surface area contributed by atoms with Gasteiger partial charge >= 0.3 is 5.97 Å². The van der Waals surface area contributed by atoms with Crippen LogP contribution in [-0.4, -0.2) is 15.9 Å². The highest BCUT2D eigenvalue weighted by atomic mass is 16.5. The summed E-state index contributed by atoms with van der Waals surface area (Å²) in [4.78, 5) is 19.0. The van der Waals surface area contributed by atoms with Crippen LogP contribution in [0.1, 0.15) is 10.6 Å². The second kappa shape index (κ2) is 4.33. The van der Waals surface area contributed by atoms with Crippen molar-refractivity contribution in [3.05, 3.63) is 60.4 Å². The number of carbonyl (C=O) groups excluding carboxylic acids is 1. The first-order chi connectivity index (χ1) is 8.83. The molecule has 0 aliphatic carbocycles. The third kappa shape index (κ3) is 1.96. The zero-order chi connectivity index (χ0) is 12.4. The Labute approximate surface area is 103 Å². The number of aromatic amines is 1. The summed E-state index contributed by atoms with van der Waals surface area (Å²) in [5, 5.41) is 0. The molecule has 1 heterocycles. The Morgan fingerprint density at radius 1 is 1.00 bits per heavy atom. The van der Waals surface area contributed by atoms with E-state index in [2.05, 4.69) is 9.97 Å².